The van der Waals surface area contributed by atoms with Gasteiger partial charge in [0.15, 0.2) is 23.4 Å². The van der Waals surface area contributed by atoms with Crippen molar-refractivity contribution in [1.29, 1.82) is 0 Å². The van der Waals surface area contributed by atoms with Gasteiger partial charge in [-0.05, 0) is 68.2 Å². The molecule has 2 bridgehead atoms. The fourth-order valence-corrected chi connectivity index (χ4v) is 7.31. The summed E-state index contributed by atoms with van der Waals surface area (Å²) in [5.41, 5.74) is 2.91. The fraction of sp³-hybridized carbons (Fsp3) is 0.519. The number of likely N-dealkylation sites (tertiary alicyclic amines) is 1. The number of hydrogen-bond donors (Lipinski definition) is 1. The summed E-state index contributed by atoms with van der Waals surface area (Å²) in [6.45, 7) is 2.57. The maximum Gasteiger partial charge on any atom is 0.174 e. The largest absolute Gasteiger partial charge is 0.504 e. The van der Waals surface area contributed by atoms with Crippen LogP contribution < -0.4 is 9.47 Å². The number of rotatable bonds is 5. The van der Waals surface area contributed by atoms with Crippen LogP contribution in [0.25, 0.3) is 0 Å². The molecule has 0 amide bonds. The Morgan fingerprint density at radius 1 is 1.21 bits per heavy atom. The van der Waals surface area contributed by atoms with Crippen molar-refractivity contribution in [2.24, 2.45) is 11.8 Å². The molecule has 0 unspecified atom stereocenters. The monoisotopic (exact) mass is 465 g/mol. The molecule has 6 heteroatoms. The molecule has 5 aliphatic rings. The highest BCUT2D eigenvalue weighted by Gasteiger charge is 2.66. The lowest BCUT2D eigenvalue weighted by Gasteiger charge is -2.57. The van der Waals surface area contributed by atoms with Crippen molar-refractivity contribution < 1.29 is 19.4 Å². The third-order valence-corrected chi connectivity index (χ3v) is 9.06. The second-order valence-corrected chi connectivity index (χ2v) is 11.0. The molecular weight excluding hydrogens is 438 g/mol. The lowest BCUT2D eigenvalue weighted by atomic mass is 9.51. The standard InChI is InChI=1S/C27H28ClNO4/c28-17-5-3-16(4-6-17)14-32-23-12-22(31)25-24-18(23)11-20-19-7-8-21(30)26(33-25)27(19,24)9-10-29(20)13-15-1-2-15/h3-6,12,15,19-20,26,31H,1-2,7-11,13-14H2/t19-,20+,26-,27-/m0/s1. The van der Waals surface area contributed by atoms with Crippen LogP contribution in [0.2, 0.25) is 5.02 Å². The predicted octanol–water partition coefficient (Wildman–Crippen LogP) is 4.64. The van der Waals surface area contributed by atoms with Crippen LogP contribution in [0.15, 0.2) is 30.3 Å². The number of aromatic hydroxyl groups is 1. The van der Waals surface area contributed by atoms with Crippen molar-refractivity contribution in [3.05, 3.63) is 52.0 Å². The van der Waals surface area contributed by atoms with Crippen molar-refractivity contribution in [1.82, 2.24) is 4.90 Å². The van der Waals surface area contributed by atoms with Crippen LogP contribution in [0.4, 0.5) is 0 Å². The number of piperidine rings is 1. The number of nitrogens with zero attached hydrogens (tertiary/aromatic N) is 1. The third kappa shape index (κ3) is 2.91. The number of halogens is 1. The van der Waals surface area contributed by atoms with Crippen LogP contribution in [-0.4, -0.2) is 41.0 Å². The van der Waals surface area contributed by atoms with E-state index in [0.717, 1.165) is 60.7 Å². The highest BCUT2D eigenvalue weighted by Crippen LogP contribution is 2.64. The second-order valence-electron chi connectivity index (χ2n) is 10.6. The lowest BCUT2D eigenvalue weighted by molar-refractivity contribution is -0.138. The Kier molecular flexibility index (Phi) is 4.36. The number of ether oxygens (including phenoxy) is 2. The first-order chi connectivity index (χ1) is 16.0. The van der Waals surface area contributed by atoms with E-state index in [0.29, 0.717) is 35.8 Å². The number of carbonyl (C=O) groups excluding carboxylic acids is 1. The molecule has 7 rings (SSSR count). The van der Waals surface area contributed by atoms with Gasteiger partial charge >= 0.3 is 0 Å². The molecule has 0 aromatic heterocycles. The molecule has 3 aliphatic carbocycles. The zero-order valence-electron chi connectivity index (χ0n) is 18.6. The first-order valence-electron chi connectivity index (χ1n) is 12.2. The molecule has 2 aliphatic heterocycles. The van der Waals surface area contributed by atoms with E-state index >= 15 is 0 Å². The molecule has 172 valence electrons. The highest BCUT2D eigenvalue weighted by molar-refractivity contribution is 6.30. The van der Waals surface area contributed by atoms with Gasteiger partial charge in [0.05, 0.1) is 0 Å². The zero-order chi connectivity index (χ0) is 22.3. The quantitative estimate of drug-likeness (QED) is 0.697. The van der Waals surface area contributed by atoms with E-state index < -0.39 is 6.10 Å². The molecule has 4 atom stereocenters. The van der Waals surface area contributed by atoms with Crippen LogP contribution in [0, 0.1) is 11.8 Å². The van der Waals surface area contributed by atoms with E-state index in [2.05, 4.69) is 4.90 Å². The number of benzene rings is 2. The van der Waals surface area contributed by atoms with Gasteiger partial charge in [-0.15, -0.1) is 0 Å². The van der Waals surface area contributed by atoms with Gasteiger partial charge in [0, 0.05) is 46.6 Å². The second kappa shape index (κ2) is 7.13. The summed E-state index contributed by atoms with van der Waals surface area (Å²) in [5, 5.41) is 11.6. The molecule has 2 aromatic rings. The fourth-order valence-electron chi connectivity index (χ4n) is 7.19. The molecule has 2 saturated carbocycles. The summed E-state index contributed by atoms with van der Waals surface area (Å²) < 4.78 is 12.6. The minimum atomic E-state index is -0.465. The third-order valence-electron chi connectivity index (χ3n) is 8.81. The van der Waals surface area contributed by atoms with Crippen molar-refractivity contribution in [3.63, 3.8) is 0 Å². The molecule has 5 nitrogen and oxygen atoms in total. The van der Waals surface area contributed by atoms with Gasteiger partial charge in [-0.1, -0.05) is 23.7 Å². The summed E-state index contributed by atoms with van der Waals surface area (Å²) in [4.78, 5) is 15.8. The Balaban J connectivity index is 1.32. The number of Topliss-reactive ketones (excluding diaryl/α,β-unsaturated/α-hetero) is 1. The summed E-state index contributed by atoms with van der Waals surface area (Å²) in [5.74, 6) is 2.76. The van der Waals surface area contributed by atoms with Crippen LogP contribution in [-0.2, 0) is 23.2 Å². The predicted molar refractivity (Wildman–Crippen MR) is 124 cm³/mol. The van der Waals surface area contributed by atoms with Crippen LogP contribution in [0.1, 0.15) is 48.8 Å². The number of carbonyl (C=O) groups is 1. The molecule has 2 aromatic carbocycles. The Morgan fingerprint density at radius 2 is 2.03 bits per heavy atom. The molecule has 1 saturated heterocycles. The molecule has 3 fully saturated rings. The number of hydrogen-bond acceptors (Lipinski definition) is 5. The van der Waals surface area contributed by atoms with Crippen LogP contribution >= 0.6 is 11.6 Å². The Morgan fingerprint density at radius 3 is 2.82 bits per heavy atom. The number of phenolic OH excluding ortho intramolecular Hbond substituents is 1. The molecular formula is C27H28ClNO4. The van der Waals surface area contributed by atoms with E-state index in [1.165, 1.54) is 12.8 Å². The number of phenols is 1. The number of ketones is 1. The van der Waals surface area contributed by atoms with Gasteiger partial charge in [0.2, 0.25) is 0 Å². The maximum atomic E-state index is 13.1. The summed E-state index contributed by atoms with van der Waals surface area (Å²) in [7, 11) is 0. The molecule has 33 heavy (non-hydrogen) atoms. The summed E-state index contributed by atoms with van der Waals surface area (Å²) in [6.07, 6.45) is 5.52. The maximum absolute atomic E-state index is 13.1. The van der Waals surface area contributed by atoms with Gasteiger partial charge in [0.25, 0.3) is 0 Å². The van der Waals surface area contributed by atoms with Crippen LogP contribution in [0.3, 0.4) is 0 Å². The topological polar surface area (TPSA) is 59.0 Å². The smallest absolute Gasteiger partial charge is 0.174 e. The van der Waals surface area contributed by atoms with Gasteiger partial charge in [-0.3, -0.25) is 9.69 Å². The SMILES string of the molecule is O=C1CC[C@H]2[C@H]3Cc4c(OCc5ccc(Cl)cc5)cc(O)c5c4[C@@]2(CCN3CC2CC2)[C@H]1O5. The zero-order valence-corrected chi connectivity index (χ0v) is 19.3. The van der Waals surface area contributed by atoms with Gasteiger partial charge in [-0.25, -0.2) is 0 Å². The van der Waals surface area contributed by atoms with E-state index in [-0.39, 0.29) is 16.9 Å². The normalized spacial score (nSPS) is 31.8. The van der Waals surface area contributed by atoms with Gasteiger partial charge < -0.3 is 14.6 Å². The average Bonchev–Trinajstić information content (AvgIpc) is 3.56. The van der Waals surface area contributed by atoms with Gasteiger partial charge in [0.1, 0.15) is 12.4 Å². The Hall–Kier alpha value is -2.24. The van der Waals surface area contributed by atoms with Crippen LogP contribution in [0.5, 0.6) is 17.2 Å². The molecule has 0 radical (unpaired) electrons. The summed E-state index contributed by atoms with van der Waals surface area (Å²) in [6, 6.07) is 9.74. The molecule has 1 spiro atoms. The van der Waals surface area contributed by atoms with Crippen molar-refractivity contribution in [2.75, 3.05) is 13.1 Å². The van der Waals surface area contributed by atoms with E-state index in [9.17, 15) is 9.90 Å². The van der Waals surface area contributed by atoms with Crippen molar-refractivity contribution in [2.45, 2.75) is 62.7 Å². The minimum Gasteiger partial charge on any atom is -0.504 e. The first-order valence-corrected chi connectivity index (χ1v) is 12.6. The van der Waals surface area contributed by atoms with E-state index in [4.69, 9.17) is 21.1 Å². The minimum absolute atomic E-state index is 0.0917. The molecule has 2 heterocycles. The Labute approximate surface area is 198 Å². The first kappa shape index (κ1) is 20.2. The highest BCUT2D eigenvalue weighted by atomic mass is 35.5. The van der Waals surface area contributed by atoms with Crippen molar-refractivity contribution in [3.8, 4) is 17.2 Å². The van der Waals surface area contributed by atoms with Gasteiger partial charge in [-0.2, -0.15) is 0 Å². The molecule has 1 N–H and O–H groups in total. The summed E-state index contributed by atoms with van der Waals surface area (Å²) >= 11 is 6.03. The van der Waals surface area contributed by atoms with E-state index in [1.54, 1.807) is 6.07 Å². The average molecular weight is 466 g/mol. The van der Waals surface area contributed by atoms with E-state index in [1.807, 2.05) is 24.3 Å². The Bertz CT molecular complexity index is 1140. The van der Waals surface area contributed by atoms with Crippen molar-refractivity contribution >= 4 is 17.4 Å². The lowest BCUT2D eigenvalue weighted by Crippen LogP contribution is -2.66.